The third-order valence-electron chi connectivity index (χ3n) is 5.28. The van der Waals surface area contributed by atoms with Crippen molar-refractivity contribution in [3.05, 3.63) is 36.5 Å². The minimum absolute atomic E-state index is 0.152. The minimum Gasteiger partial charge on any atom is -0.393 e. The van der Waals surface area contributed by atoms with Crippen LogP contribution in [0.3, 0.4) is 0 Å². The summed E-state index contributed by atoms with van der Waals surface area (Å²) in [6.45, 7) is 1.80. The number of anilines is 4. The van der Waals surface area contributed by atoms with Crippen LogP contribution in [-0.4, -0.2) is 45.3 Å². The molecule has 27 heavy (non-hydrogen) atoms. The van der Waals surface area contributed by atoms with Crippen LogP contribution in [-0.2, 0) is 0 Å². The molecule has 1 aliphatic carbocycles. The molecule has 1 aliphatic heterocycles. The molecule has 0 bridgehead atoms. The number of aromatic nitrogens is 3. The quantitative estimate of drug-likeness (QED) is 0.556. The molecule has 7 heteroatoms. The highest BCUT2D eigenvalue weighted by Crippen LogP contribution is 2.29. The Morgan fingerprint density at radius 1 is 1.00 bits per heavy atom. The Balaban J connectivity index is 1.34. The molecule has 7 nitrogen and oxygen atoms in total. The number of nitrogens with one attached hydrogen (secondary N) is 3. The van der Waals surface area contributed by atoms with Gasteiger partial charge >= 0.3 is 0 Å². The maximum Gasteiger partial charge on any atom is 0.229 e. The summed E-state index contributed by atoms with van der Waals surface area (Å²) in [4.78, 5) is 14.8. The number of fused-ring (bicyclic) bond motifs is 1. The predicted molar refractivity (Wildman–Crippen MR) is 108 cm³/mol. The van der Waals surface area contributed by atoms with E-state index in [0.29, 0.717) is 12.0 Å². The second-order valence-electron chi connectivity index (χ2n) is 7.44. The van der Waals surface area contributed by atoms with E-state index in [1.54, 1.807) is 0 Å². The van der Waals surface area contributed by atoms with Gasteiger partial charge in [0, 0.05) is 36.7 Å². The Hall–Kier alpha value is -2.80. The Bertz CT molecular complexity index is 925. The van der Waals surface area contributed by atoms with E-state index in [-0.39, 0.29) is 6.10 Å². The van der Waals surface area contributed by atoms with Crippen LogP contribution in [0.25, 0.3) is 11.0 Å². The lowest BCUT2D eigenvalue weighted by atomic mass is 10.1. The van der Waals surface area contributed by atoms with E-state index in [0.717, 1.165) is 48.5 Å². The smallest absolute Gasteiger partial charge is 0.229 e. The van der Waals surface area contributed by atoms with Crippen molar-refractivity contribution in [1.29, 1.82) is 0 Å². The molecule has 140 valence electrons. The van der Waals surface area contributed by atoms with Gasteiger partial charge in [0.2, 0.25) is 5.95 Å². The highest BCUT2D eigenvalue weighted by molar-refractivity contribution is 5.87. The van der Waals surface area contributed by atoms with Crippen molar-refractivity contribution in [2.75, 3.05) is 28.6 Å². The molecule has 3 heterocycles. The molecule has 0 atom stereocenters. The van der Waals surface area contributed by atoms with Gasteiger partial charge in [-0.25, -0.2) is 4.98 Å². The van der Waals surface area contributed by atoms with Crippen LogP contribution in [0, 0.1) is 0 Å². The first-order valence-electron chi connectivity index (χ1n) is 9.66. The van der Waals surface area contributed by atoms with E-state index in [1.165, 1.54) is 18.5 Å². The number of piperidine rings is 1. The van der Waals surface area contributed by atoms with E-state index in [4.69, 9.17) is 0 Å². The first-order chi connectivity index (χ1) is 13.2. The fraction of sp³-hybridized carbons (Fsp3) is 0.400. The van der Waals surface area contributed by atoms with Gasteiger partial charge in [-0.2, -0.15) is 4.98 Å². The molecule has 0 amide bonds. The van der Waals surface area contributed by atoms with E-state index in [9.17, 15) is 5.11 Å². The molecule has 2 fully saturated rings. The minimum atomic E-state index is -0.152. The zero-order valence-corrected chi connectivity index (χ0v) is 15.2. The fourth-order valence-corrected chi connectivity index (χ4v) is 3.54. The standard InChI is InChI=1S/C20H24N6O/c27-16-8-11-26(12-9-16)15-5-3-14(4-6-15)23-20-24-17-7-10-21-18(17)19(25-20)22-13-1-2-13/h3-7,10,13,16,21,27H,1-2,8-9,11-12H2,(H2,22,23,24,25). The number of hydrogen-bond acceptors (Lipinski definition) is 6. The number of benzene rings is 1. The second-order valence-corrected chi connectivity index (χ2v) is 7.44. The van der Waals surface area contributed by atoms with Gasteiger partial charge in [0.15, 0.2) is 5.82 Å². The van der Waals surface area contributed by atoms with Crippen molar-refractivity contribution in [2.24, 2.45) is 0 Å². The topological polar surface area (TPSA) is 89.1 Å². The lowest BCUT2D eigenvalue weighted by molar-refractivity contribution is 0.145. The SMILES string of the molecule is OC1CCN(c2ccc(Nc3nc(NC4CC4)c4[nH]ccc4n3)cc2)CC1. The summed E-state index contributed by atoms with van der Waals surface area (Å²) in [7, 11) is 0. The Labute approximate surface area is 157 Å². The van der Waals surface area contributed by atoms with Crippen LogP contribution in [0.5, 0.6) is 0 Å². The number of rotatable bonds is 5. The maximum atomic E-state index is 9.66. The number of H-pyrrole nitrogens is 1. The van der Waals surface area contributed by atoms with E-state index in [2.05, 4.69) is 54.8 Å². The van der Waals surface area contributed by atoms with Crippen LogP contribution in [0.1, 0.15) is 25.7 Å². The van der Waals surface area contributed by atoms with Gasteiger partial charge in [-0.05, 0) is 56.0 Å². The van der Waals surface area contributed by atoms with E-state index >= 15 is 0 Å². The average molecular weight is 364 g/mol. The molecule has 1 saturated heterocycles. The van der Waals surface area contributed by atoms with Gasteiger partial charge in [0.05, 0.1) is 11.6 Å². The molecule has 3 aromatic rings. The highest BCUT2D eigenvalue weighted by Gasteiger charge is 2.23. The monoisotopic (exact) mass is 364 g/mol. The summed E-state index contributed by atoms with van der Waals surface area (Å²) in [6.07, 6.45) is 5.81. The molecule has 1 saturated carbocycles. The lowest BCUT2D eigenvalue weighted by Crippen LogP contribution is -2.35. The number of aliphatic hydroxyl groups excluding tert-OH is 1. The number of nitrogens with zero attached hydrogens (tertiary/aromatic N) is 3. The van der Waals surface area contributed by atoms with Crippen molar-refractivity contribution in [3.8, 4) is 0 Å². The van der Waals surface area contributed by atoms with Crippen molar-refractivity contribution in [2.45, 2.75) is 37.8 Å². The normalized spacial score (nSPS) is 18.0. The summed E-state index contributed by atoms with van der Waals surface area (Å²) in [5.74, 6) is 1.46. The van der Waals surface area contributed by atoms with Crippen LogP contribution in [0.15, 0.2) is 36.5 Å². The highest BCUT2D eigenvalue weighted by atomic mass is 16.3. The van der Waals surface area contributed by atoms with Crippen LogP contribution in [0.2, 0.25) is 0 Å². The van der Waals surface area contributed by atoms with E-state index in [1.807, 2.05) is 12.3 Å². The predicted octanol–water partition coefficient (Wildman–Crippen LogP) is 3.24. The second kappa shape index (κ2) is 6.74. The summed E-state index contributed by atoms with van der Waals surface area (Å²) in [5, 5.41) is 16.5. The van der Waals surface area contributed by atoms with E-state index < -0.39 is 0 Å². The molecule has 4 N–H and O–H groups in total. The van der Waals surface area contributed by atoms with Gasteiger partial charge in [0.25, 0.3) is 0 Å². The molecular weight excluding hydrogens is 340 g/mol. The summed E-state index contributed by atoms with van der Waals surface area (Å²) < 4.78 is 0. The average Bonchev–Trinajstić information content (AvgIpc) is 3.37. The maximum absolute atomic E-state index is 9.66. The van der Waals surface area contributed by atoms with Crippen molar-refractivity contribution < 1.29 is 5.11 Å². The molecule has 5 rings (SSSR count). The van der Waals surface area contributed by atoms with Crippen LogP contribution >= 0.6 is 0 Å². The first-order valence-corrected chi connectivity index (χ1v) is 9.66. The Kier molecular flexibility index (Phi) is 4.09. The molecule has 1 aromatic carbocycles. The number of aliphatic hydroxyl groups is 1. The van der Waals surface area contributed by atoms with Crippen LogP contribution in [0.4, 0.5) is 23.1 Å². The molecular formula is C20H24N6O. The van der Waals surface area contributed by atoms with Crippen molar-refractivity contribution >= 4 is 34.2 Å². The molecule has 2 aromatic heterocycles. The van der Waals surface area contributed by atoms with Gasteiger partial charge in [0.1, 0.15) is 5.52 Å². The summed E-state index contributed by atoms with van der Waals surface area (Å²) in [6, 6.07) is 10.8. The Morgan fingerprint density at radius 3 is 2.52 bits per heavy atom. The molecule has 2 aliphatic rings. The largest absolute Gasteiger partial charge is 0.393 e. The third kappa shape index (κ3) is 3.55. The molecule has 0 radical (unpaired) electrons. The van der Waals surface area contributed by atoms with Gasteiger partial charge in [-0.15, -0.1) is 0 Å². The first kappa shape index (κ1) is 16.4. The van der Waals surface area contributed by atoms with Gasteiger partial charge in [-0.3, -0.25) is 0 Å². The van der Waals surface area contributed by atoms with Gasteiger partial charge < -0.3 is 25.6 Å². The summed E-state index contributed by atoms with van der Waals surface area (Å²) in [5.41, 5.74) is 4.00. The lowest BCUT2D eigenvalue weighted by Gasteiger charge is -2.31. The fourth-order valence-electron chi connectivity index (χ4n) is 3.54. The van der Waals surface area contributed by atoms with Crippen molar-refractivity contribution in [1.82, 2.24) is 15.0 Å². The van der Waals surface area contributed by atoms with Gasteiger partial charge in [-0.1, -0.05) is 0 Å². The van der Waals surface area contributed by atoms with Crippen molar-refractivity contribution in [3.63, 3.8) is 0 Å². The zero-order valence-electron chi connectivity index (χ0n) is 15.2. The summed E-state index contributed by atoms with van der Waals surface area (Å²) >= 11 is 0. The number of hydrogen-bond donors (Lipinski definition) is 4. The zero-order chi connectivity index (χ0) is 18.2. The third-order valence-corrected chi connectivity index (χ3v) is 5.28. The van der Waals surface area contributed by atoms with Crippen LogP contribution < -0.4 is 15.5 Å². The Morgan fingerprint density at radius 2 is 1.78 bits per heavy atom. The molecule has 0 spiro atoms. The molecule has 0 unspecified atom stereocenters. The number of aromatic amines is 1.